The Balaban J connectivity index is 1.83. The quantitative estimate of drug-likeness (QED) is 0.752. The van der Waals surface area contributed by atoms with Crippen molar-refractivity contribution in [2.45, 2.75) is 13.0 Å². The molecule has 0 saturated heterocycles. The van der Waals surface area contributed by atoms with Gasteiger partial charge in [-0.1, -0.05) is 0 Å². The van der Waals surface area contributed by atoms with Crippen molar-refractivity contribution in [2.75, 3.05) is 27.2 Å². The molecule has 0 saturated carbocycles. The van der Waals surface area contributed by atoms with Gasteiger partial charge in [0.1, 0.15) is 18.2 Å². The van der Waals surface area contributed by atoms with Gasteiger partial charge in [-0.2, -0.15) is 0 Å². The second kappa shape index (κ2) is 8.44. The van der Waals surface area contributed by atoms with Gasteiger partial charge in [-0.25, -0.2) is 8.78 Å². The molecule has 0 bridgehead atoms. The molecule has 1 amide bonds. The lowest BCUT2D eigenvalue weighted by Gasteiger charge is -2.09. The van der Waals surface area contributed by atoms with Crippen LogP contribution in [-0.4, -0.2) is 38.0 Å². The number of benzene rings is 1. The van der Waals surface area contributed by atoms with E-state index in [1.165, 1.54) is 12.1 Å². The van der Waals surface area contributed by atoms with E-state index in [0.717, 1.165) is 25.1 Å². The van der Waals surface area contributed by atoms with Crippen molar-refractivity contribution in [1.82, 2.24) is 10.2 Å². The number of nitrogens with one attached hydrogen (secondary N) is 1. The largest absolute Gasteiger partial charge is 0.483 e. The third-order valence-corrected chi connectivity index (χ3v) is 3.22. The molecule has 1 N–H and O–H groups in total. The first kappa shape index (κ1) is 17.9. The predicted molar refractivity (Wildman–Crippen MR) is 84.9 cm³/mol. The van der Waals surface area contributed by atoms with Gasteiger partial charge in [-0.15, -0.1) is 0 Å². The summed E-state index contributed by atoms with van der Waals surface area (Å²) < 4.78 is 36.9. The number of halogens is 2. The van der Waals surface area contributed by atoms with Crippen LogP contribution in [0.25, 0.3) is 0 Å². The van der Waals surface area contributed by atoms with E-state index < -0.39 is 11.6 Å². The summed E-state index contributed by atoms with van der Waals surface area (Å²) in [7, 11) is 3.93. The highest BCUT2D eigenvalue weighted by molar-refractivity contribution is 5.91. The summed E-state index contributed by atoms with van der Waals surface area (Å²) in [6.45, 7) is 1.36. The number of hydrogen-bond acceptors (Lipinski definition) is 4. The van der Waals surface area contributed by atoms with Crippen molar-refractivity contribution in [3.8, 4) is 5.75 Å². The van der Waals surface area contributed by atoms with Gasteiger partial charge in [0, 0.05) is 12.6 Å². The summed E-state index contributed by atoms with van der Waals surface area (Å²) in [6.07, 6.45) is 0.833. The van der Waals surface area contributed by atoms with Crippen LogP contribution in [0.3, 0.4) is 0 Å². The van der Waals surface area contributed by atoms with Crippen LogP contribution < -0.4 is 10.1 Å². The Bertz CT molecular complexity index is 686. The summed E-state index contributed by atoms with van der Waals surface area (Å²) in [5.74, 6) is -1.32. The SMILES string of the molecule is CN(C)CCCNC(=O)c1ccc(COc2ccc(F)cc2F)o1. The van der Waals surface area contributed by atoms with E-state index in [1.807, 2.05) is 19.0 Å². The van der Waals surface area contributed by atoms with Crippen LogP contribution in [0, 0.1) is 11.6 Å². The Kier molecular flexibility index (Phi) is 6.31. The molecule has 130 valence electrons. The standard InChI is InChI=1S/C17H20F2N2O3/c1-21(2)9-3-8-20-17(22)16-7-5-13(24-16)11-23-15-6-4-12(18)10-14(15)19/h4-7,10H,3,8-9,11H2,1-2H3,(H,20,22). The highest BCUT2D eigenvalue weighted by atomic mass is 19.1. The molecule has 2 rings (SSSR count). The maximum Gasteiger partial charge on any atom is 0.286 e. The topological polar surface area (TPSA) is 54.7 Å². The monoisotopic (exact) mass is 338 g/mol. The number of amides is 1. The molecule has 0 unspecified atom stereocenters. The van der Waals surface area contributed by atoms with Gasteiger partial charge < -0.3 is 19.4 Å². The average molecular weight is 338 g/mol. The van der Waals surface area contributed by atoms with Gasteiger partial charge >= 0.3 is 0 Å². The van der Waals surface area contributed by atoms with Crippen molar-refractivity contribution < 1.29 is 22.7 Å². The Hall–Kier alpha value is -2.41. The van der Waals surface area contributed by atoms with Crippen molar-refractivity contribution in [2.24, 2.45) is 0 Å². The minimum Gasteiger partial charge on any atom is -0.483 e. The third kappa shape index (κ3) is 5.34. The highest BCUT2D eigenvalue weighted by Gasteiger charge is 2.12. The number of carbonyl (C=O) groups is 1. The normalized spacial score (nSPS) is 10.9. The van der Waals surface area contributed by atoms with Gasteiger partial charge in [0.15, 0.2) is 17.3 Å². The molecule has 1 aromatic carbocycles. The number of nitrogens with zero attached hydrogens (tertiary/aromatic N) is 1. The molecule has 7 heteroatoms. The lowest BCUT2D eigenvalue weighted by atomic mass is 10.3. The number of carbonyl (C=O) groups excluding carboxylic acids is 1. The Labute approximate surface area is 139 Å². The highest BCUT2D eigenvalue weighted by Crippen LogP contribution is 2.19. The first-order chi connectivity index (χ1) is 11.5. The van der Waals surface area contributed by atoms with Gasteiger partial charge in [0.05, 0.1) is 0 Å². The van der Waals surface area contributed by atoms with Crippen LogP contribution >= 0.6 is 0 Å². The summed E-state index contributed by atoms with van der Waals surface area (Å²) in [4.78, 5) is 13.9. The van der Waals surface area contributed by atoms with Crippen LogP contribution in [-0.2, 0) is 6.61 Å². The summed E-state index contributed by atoms with van der Waals surface area (Å²) in [6, 6.07) is 6.15. The Morgan fingerprint density at radius 2 is 2.04 bits per heavy atom. The molecule has 0 aliphatic heterocycles. The molecule has 0 spiro atoms. The average Bonchev–Trinajstić information content (AvgIpc) is 2.99. The summed E-state index contributed by atoms with van der Waals surface area (Å²) in [5, 5.41) is 2.75. The lowest BCUT2D eigenvalue weighted by Crippen LogP contribution is -2.26. The molecule has 5 nitrogen and oxygen atoms in total. The van der Waals surface area contributed by atoms with E-state index in [2.05, 4.69) is 5.32 Å². The molecule has 2 aromatic rings. The zero-order valence-corrected chi connectivity index (χ0v) is 13.6. The fourth-order valence-electron chi connectivity index (χ4n) is 2.00. The van der Waals surface area contributed by atoms with Crippen molar-refractivity contribution in [3.05, 3.63) is 53.5 Å². The van der Waals surface area contributed by atoms with Crippen LogP contribution in [0.5, 0.6) is 5.75 Å². The van der Waals surface area contributed by atoms with Crippen LogP contribution in [0.1, 0.15) is 22.7 Å². The fourth-order valence-corrected chi connectivity index (χ4v) is 2.00. The molecule has 0 radical (unpaired) electrons. The number of furan rings is 1. The number of rotatable bonds is 8. The second-order valence-electron chi connectivity index (χ2n) is 5.54. The van der Waals surface area contributed by atoms with Crippen LogP contribution in [0.15, 0.2) is 34.7 Å². The molecule has 24 heavy (non-hydrogen) atoms. The minimum atomic E-state index is -0.791. The van der Waals surface area contributed by atoms with Gasteiger partial charge in [-0.3, -0.25) is 4.79 Å². The molecule has 0 aliphatic rings. The Morgan fingerprint density at radius 3 is 2.75 bits per heavy atom. The van der Waals surface area contributed by atoms with Gasteiger partial charge in [-0.05, 0) is 51.3 Å². The van der Waals surface area contributed by atoms with E-state index in [1.54, 1.807) is 6.07 Å². The van der Waals surface area contributed by atoms with Crippen LogP contribution in [0.4, 0.5) is 8.78 Å². The van der Waals surface area contributed by atoms with E-state index in [-0.39, 0.29) is 24.0 Å². The second-order valence-corrected chi connectivity index (χ2v) is 5.54. The third-order valence-electron chi connectivity index (χ3n) is 3.22. The molecular weight excluding hydrogens is 318 g/mol. The van der Waals surface area contributed by atoms with Gasteiger partial charge in [0.2, 0.25) is 0 Å². The first-order valence-corrected chi connectivity index (χ1v) is 7.55. The lowest BCUT2D eigenvalue weighted by molar-refractivity contribution is 0.0920. The van der Waals surface area contributed by atoms with E-state index >= 15 is 0 Å². The maximum atomic E-state index is 13.5. The smallest absolute Gasteiger partial charge is 0.286 e. The summed E-state index contributed by atoms with van der Waals surface area (Å²) in [5.41, 5.74) is 0. The van der Waals surface area contributed by atoms with Crippen molar-refractivity contribution in [1.29, 1.82) is 0 Å². The minimum absolute atomic E-state index is 0.0591. The molecule has 0 fully saturated rings. The molecular formula is C17H20F2N2O3. The number of hydrogen-bond donors (Lipinski definition) is 1. The van der Waals surface area contributed by atoms with E-state index in [9.17, 15) is 13.6 Å². The number of ether oxygens (including phenoxy) is 1. The van der Waals surface area contributed by atoms with Crippen molar-refractivity contribution in [3.63, 3.8) is 0 Å². The zero-order valence-electron chi connectivity index (χ0n) is 13.6. The Morgan fingerprint density at radius 1 is 1.25 bits per heavy atom. The molecule has 1 heterocycles. The summed E-state index contributed by atoms with van der Waals surface area (Å²) >= 11 is 0. The zero-order chi connectivity index (χ0) is 17.5. The molecule has 0 atom stereocenters. The van der Waals surface area contributed by atoms with Gasteiger partial charge in [0.25, 0.3) is 5.91 Å². The maximum absolute atomic E-state index is 13.5. The molecule has 1 aromatic heterocycles. The van der Waals surface area contributed by atoms with E-state index in [4.69, 9.17) is 9.15 Å². The fraction of sp³-hybridized carbons (Fsp3) is 0.353. The first-order valence-electron chi connectivity index (χ1n) is 7.55. The molecule has 0 aliphatic carbocycles. The van der Waals surface area contributed by atoms with Crippen molar-refractivity contribution >= 4 is 5.91 Å². The predicted octanol–water partition coefficient (Wildman–Crippen LogP) is 2.82. The van der Waals surface area contributed by atoms with Crippen LogP contribution in [0.2, 0.25) is 0 Å². The van der Waals surface area contributed by atoms with E-state index in [0.29, 0.717) is 12.3 Å².